The van der Waals surface area contributed by atoms with E-state index in [0.29, 0.717) is 6.61 Å². The topological polar surface area (TPSA) is 67.6 Å². The van der Waals surface area contributed by atoms with E-state index in [2.05, 4.69) is 26.1 Å². The van der Waals surface area contributed by atoms with Crippen molar-refractivity contribution in [1.82, 2.24) is 0 Å². The van der Waals surface area contributed by atoms with Crippen molar-refractivity contribution in [2.24, 2.45) is 5.73 Å². The summed E-state index contributed by atoms with van der Waals surface area (Å²) >= 11 is 3.51. The summed E-state index contributed by atoms with van der Waals surface area (Å²) in [5.41, 5.74) is 8.42. The molecule has 1 aliphatic heterocycles. The van der Waals surface area contributed by atoms with Crippen LogP contribution in [0.25, 0.3) is 0 Å². The van der Waals surface area contributed by atoms with Crippen molar-refractivity contribution >= 4 is 33.2 Å². The van der Waals surface area contributed by atoms with Crippen molar-refractivity contribution in [3.63, 3.8) is 0 Å². The average Bonchev–Trinajstić information content (AvgIpc) is 2.62. The van der Waals surface area contributed by atoms with Gasteiger partial charge in [0, 0.05) is 36.4 Å². The Bertz CT molecular complexity index is 479. The number of methoxy groups -OCH3 is 1. The number of rotatable bonds is 4. The van der Waals surface area contributed by atoms with Crippen LogP contribution in [0.15, 0.2) is 16.6 Å². The summed E-state index contributed by atoms with van der Waals surface area (Å²) in [7, 11) is 3.65. The second kappa shape index (κ2) is 5.26. The standard InChI is InChI=1S/C12H16BrN3O2/c1-16(3-4-18-2)10-6-9-7(5-8(10)13)11(14)12(17)15-9/h5-6,11H,3-4,14H2,1-2H3,(H,15,17). The van der Waals surface area contributed by atoms with Gasteiger partial charge in [0.15, 0.2) is 0 Å². The zero-order valence-electron chi connectivity index (χ0n) is 10.4. The molecule has 0 saturated heterocycles. The number of anilines is 2. The lowest BCUT2D eigenvalue weighted by Crippen LogP contribution is -2.22. The number of carbonyl (C=O) groups is 1. The van der Waals surface area contributed by atoms with Crippen LogP contribution in [0.3, 0.4) is 0 Å². The lowest BCUT2D eigenvalue weighted by molar-refractivity contribution is -0.116. The quantitative estimate of drug-likeness (QED) is 0.883. The molecule has 0 spiro atoms. The summed E-state index contributed by atoms with van der Waals surface area (Å²) in [4.78, 5) is 13.6. The van der Waals surface area contributed by atoms with Crippen LogP contribution >= 0.6 is 15.9 Å². The van der Waals surface area contributed by atoms with Crippen LogP contribution < -0.4 is 16.0 Å². The molecule has 1 unspecified atom stereocenters. The maximum atomic E-state index is 11.5. The van der Waals surface area contributed by atoms with E-state index < -0.39 is 6.04 Å². The molecule has 1 heterocycles. The predicted octanol–water partition coefficient (Wildman–Crippen LogP) is 1.48. The fourth-order valence-corrected chi connectivity index (χ4v) is 2.60. The van der Waals surface area contributed by atoms with Crippen LogP contribution in [0.4, 0.5) is 11.4 Å². The first kappa shape index (κ1) is 13.3. The number of fused-ring (bicyclic) bond motifs is 1. The average molecular weight is 314 g/mol. The first-order valence-corrected chi connectivity index (χ1v) is 6.44. The Balaban J connectivity index is 2.29. The predicted molar refractivity (Wildman–Crippen MR) is 74.8 cm³/mol. The van der Waals surface area contributed by atoms with E-state index in [0.717, 1.165) is 28.0 Å². The van der Waals surface area contributed by atoms with Gasteiger partial charge in [0.05, 0.1) is 12.3 Å². The summed E-state index contributed by atoms with van der Waals surface area (Å²) < 4.78 is 5.98. The number of hydrogen-bond donors (Lipinski definition) is 2. The van der Waals surface area contributed by atoms with Gasteiger partial charge in [-0.05, 0) is 28.1 Å². The molecule has 0 aromatic heterocycles. The number of benzene rings is 1. The number of nitrogens with two attached hydrogens (primary N) is 1. The molecule has 0 radical (unpaired) electrons. The summed E-state index contributed by atoms with van der Waals surface area (Å²) in [6, 6.07) is 3.26. The fraction of sp³-hybridized carbons (Fsp3) is 0.417. The molecule has 1 aliphatic rings. The van der Waals surface area contributed by atoms with Crippen molar-refractivity contribution in [3.05, 3.63) is 22.2 Å². The van der Waals surface area contributed by atoms with E-state index in [1.807, 2.05) is 19.2 Å². The first-order valence-electron chi connectivity index (χ1n) is 5.64. The van der Waals surface area contributed by atoms with E-state index in [-0.39, 0.29) is 5.91 Å². The van der Waals surface area contributed by atoms with E-state index in [4.69, 9.17) is 10.5 Å². The van der Waals surface area contributed by atoms with Gasteiger partial charge in [-0.25, -0.2) is 0 Å². The minimum atomic E-state index is -0.574. The monoisotopic (exact) mass is 313 g/mol. The van der Waals surface area contributed by atoms with E-state index in [1.54, 1.807) is 7.11 Å². The normalized spacial score (nSPS) is 17.6. The van der Waals surface area contributed by atoms with Crippen LogP contribution in [-0.4, -0.2) is 33.2 Å². The largest absolute Gasteiger partial charge is 0.383 e. The molecule has 0 saturated carbocycles. The first-order chi connectivity index (χ1) is 8.54. The third kappa shape index (κ3) is 2.36. The van der Waals surface area contributed by atoms with Gasteiger partial charge in [-0.3, -0.25) is 4.79 Å². The molecule has 18 heavy (non-hydrogen) atoms. The third-order valence-corrected chi connectivity index (χ3v) is 3.67. The highest BCUT2D eigenvalue weighted by Gasteiger charge is 2.28. The van der Waals surface area contributed by atoms with Gasteiger partial charge in [0.25, 0.3) is 0 Å². The zero-order valence-corrected chi connectivity index (χ0v) is 12.0. The van der Waals surface area contributed by atoms with Crippen LogP contribution in [0.5, 0.6) is 0 Å². The molecule has 98 valence electrons. The highest BCUT2D eigenvalue weighted by molar-refractivity contribution is 9.10. The van der Waals surface area contributed by atoms with Gasteiger partial charge >= 0.3 is 0 Å². The number of nitrogens with one attached hydrogen (secondary N) is 1. The molecule has 2 rings (SSSR count). The Hall–Kier alpha value is -1.11. The molecular formula is C12H16BrN3O2. The van der Waals surface area contributed by atoms with Gasteiger partial charge in [-0.1, -0.05) is 0 Å². The SMILES string of the molecule is COCCN(C)c1cc2c(cc1Br)C(N)C(=O)N2. The molecule has 1 amide bonds. The maximum Gasteiger partial charge on any atom is 0.245 e. The van der Waals surface area contributed by atoms with Gasteiger partial charge in [0.1, 0.15) is 6.04 Å². The van der Waals surface area contributed by atoms with Crippen LogP contribution in [-0.2, 0) is 9.53 Å². The molecule has 6 heteroatoms. The van der Waals surface area contributed by atoms with E-state index >= 15 is 0 Å². The molecule has 0 fully saturated rings. The number of hydrogen-bond acceptors (Lipinski definition) is 4. The number of nitrogens with zero attached hydrogens (tertiary/aromatic N) is 1. The minimum absolute atomic E-state index is 0.159. The smallest absolute Gasteiger partial charge is 0.245 e. The maximum absolute atomic E-state index is 11.5. The molecule has 5 nitrogen and oxygen atoms in total. The molecule has 1 aromatic rings. The van der Waals surface area contributed by atoms with Gasteiger partial charge in [0.2, 0.25) is 5.91 Å². The highest BCUT2D eigenvalue weighted by Crippen LogP contribution is 2.37. The second-order valence-corrected chi connectivity index (χ2v) is 5.13. The Labute approximate surface area is 114 Å². The zero-order chi connectivity index (χ0) is 13.3. The number of ether oxygens (including phenoxy) is 1. The molecule has 0 aliphatic carbocycles. The van der Waals surface area contributed by atoms with Gasteiger partial charge in [-0.2, -0.15) is 0 Å². The second-order valence-electron chi connectivity index (χ2n) is 4.27. The van der Waals surface area contributed by atoms with Crippen LogP contribution in [0, 0.1) is 0 Å². The number of amides is 1. The van der Waals surface area contributed by atoms with Gasteiger partial charge < -0.3 is 20.7 Å². The fourth-order valence-electron chi connectivity index (χ4n) is 1.94. The van der Waals surface area contributed by atoms with Crippen molar-refractivity contribution in [1.29, 1.82) is 0 Å². The molecule has 3 N–H and O–H groups in total. The minimum Gasteiger partial charge on any atom is -0.383 e. The highest BCUT2D eigenvalue weighted by atomic mass is 79.9. The molecule has 1 atom stereocenters. The van der Waals surface area contributed by atoms with Gasteiger partial charge in [-0.15, -0.1) is 0 Å². The van der Waals surface area contributed by atoms with Crippen molar-refractivity contribution in [2.75, 3.05) is 37.5 Å². The lowest BCUT2D eigenvalue weighted by atomic mass is 10.1. The lowest BCUT2D eigenvalue weighted by Gasteiger charge is -2.21. The van der Waals surface area contributed by atoms with Crippen molar-refractivity contribution in [3.8, 4) is 0 Å². The Morgan fingerprint density at radius 2 is 2.28 bits per heavy atom. The molecule has 0 bridgehead atoms. The van der Waals surface area contributed by atoms with Crippen LogP contribution in [0.2, 0.25) is 0 Å². The summed E-state index contributed by atoms with van der Waals surface area (Å²) in [6.45, 7) is 1.42. The number of halogens is 1. The Morgan fingerprint density at radius 3 is 2.94 bits per heavy atom. The summed E-state index contributed by atoms with van der Waals surface area (Å²) in [5, 5.41) is 2.78. The van der Waals surface area contributed by atoms with E-state index in [1.165, 1.54) is 0 Å². The third-order valence-electron chi connectivity index (χ3n) is 3.04. The summed E-state index contributed by atoms with van der Waals surface area (Å²) in [6.07, 6.45) is 0. The van der Waals surface area contributed by atoms with Crippen molar-refractivity contribution in [2.45, 2.75) is 6.04 Å². The molecular weight excluding hydrogens is 298 g/mol. The number of carbonyl (C=O) groups excluding carboxylic acids is 1. The van der Waals surface area contributed by atoms with Crippen LogP contribution in [0.1, 0.15) is 11.6 Å². The Morgan fingerprint density at radius 1 is 1.56 bits per heavy atom. The van der Waals surface area contributed by atoms with Crippen molar-refractivity contribution < 1.29 is 9.53 Å². The molecule has 1 aromatic carbocycles. The van der Waals surface area contributed by atoms with E-state index in [9.17, 15) is 4.79 Å². The Kier molecular flexibility index (Phi) is 3.89. The number of likely N-dealkylation sites (N-methyl/N-ethyl adjacent to an activating group) is 1. The summed E-state index contributed by atoms with van der Waals surface area (Å²) in [5.74, 6) is -0.159.